The average molecular weight is 340 g/mol. The Morgan fingerprint density at radius 1 is 1.04 bits per heavy atom. The maximum absolute atomic E-state index is 13.0. The molecule has 4 heteroatoms. The van der Waals surface area contributed by atoms with Crippen LogP contribution in [0.15, 0.2) is 24.3 Å². The summed E-state index contributed by atoms with van der Waals surface area (Å²) in [6.07, 6.45) is 4.01. The Hall–Kier alpha value is -1.84. The molecule has 25 heavy (non-hydrogen) atoms. The van der Waals surface area contributed by atoms with Gasteiger partial charge >= 0.3 is 11.8 Å². The average Bonchev–Trinajstić information content (AvgIpc) is 2.82. The molecule has 2 atom stereocenters. The van der Waals surface area contributed by atoms with Crippen LogP contribution in [0.25, 0.3) is 0 Å². The first kappa shape index (κ1) is 16.6. The monoisotopic (exact) mass is 340 g/mol. The SMILES string of the molecule is CC1(C)CC2CC(C)(CN2C(=O)C(=O)N2CCc3ccccc3C2)C1. The molecule has 1 saturated heterocycles. The van der Waals surface area contributed by atoms with Crippen LogP contribution in [-0.4, -0.2) is 40.7 Å². The molecule has 2 fully saturated rings. The summed E-state index contributed by atoms with van der Waals surface area (Å²) in [5.41, 5.74) is 2.88. The van der Waals surface area contributed by atoms with Crippen LogP contribution in [0.4, 0.5) is 0 Å². The topological polar surface area (TPSA) is 40.6 Å². The molecule has 0 spiro atoms. The van der Waals surface area contributed by atoms with Gasteiger partial charge in [-0.3, -0.25) is 9.59 Å². The number of benzene rings is 1. The minimum Gasteiger partial charge on any atom is -0.331 e. The third kappa shape index (κ3) is 2.96. The van der Waals surface area contributed by atoms with Gasteiger partial charge in [-0.15, -0.1) is 0 Å². The van der Waals surface area contributed by atoms with Crippen molar-refractivity contribution in [3.05, 3.63) is 35.4 Å². The molecule has 2 aliphatic heterocycles. The molecular weight excluding hydrogens is 312 g/mol. The van der Waals surface area contributed by atoms with E-state index in [2.05, 4.69) is 32.9 Å². The van der Waals surface area contributed by atoms with Crippen LogP contribution in [0, 0.1) is 10.8 Å². The van der Waals surface area contributed by atoms with E-state index in [-0.39, 0.29) is 28.7 Å². The van der Waals surface area contributed by atoms with Gasteiger partial charge in [0, 0.05) is 25.7 Å². The van der Waals surface area contributed by atoms with Crippen molar-refractivity contribution in [2.45, 2.75) is 59.0 Å². The van der Waals surface area contributed by atoms with Crippen molar-refractivity contribution in [1.29, 1.82) is 0 Å². The van der Waals surface area contributed by atoms with Crippen LogP contribution in [0.3, 0.4) is 0 Å². The molecule has 2 amide bonds. The number of amides is 2. The zero-order valence-electron chi connectivity index (χ0n) is 15.5. The number of hydrogen-bond acceptors (Lipinski definition) is 2. The largest absolute Gasteiger partial charge is 0.331 e. The molecule has 4 rings (SSSR count). The van der Waals surface area contributed by atoms with Gasteiger partial charge < -0.3 is 9.80 Å². The molecule has 1 aromatic rings. The maximum Gasteiger partial charge on any atom is 0.312 e. The lowest BCUT2D eigenvalue weighted by Crippen LogP contribution is -2.48. The summed E-state index contributed by atoms with van der Waals surface area (Å²) in [5.74, 6) is -0.603. The molecule has 2 bridgehead atoms. The third-order valence-electron chi connectivity index (χ3n) is 6.28. The minimum absolute atomic E-state index is 0.164. The fourth-order valence-electron chi connectivity index (χ4n) is 5.62. The molecule has 0 N–H and O–H groups in total. The molecule has 0 radical (unpaired) electrons. The first-order valence-corrected chi connectivity index (χ1v) is 9.43. The van der Waals surface area contributed by atoms with Gasteiger partial charge in [0.15, 0.2) is 0 Å². The molecular formula is C21H28N2O2. The van der Waals surface area contributed by atoms with E-state index < -0.39 is 0 Å². The highest BCUT2D eigenvalue weighted by atomic mass is 16.2. The van der Waals surface area contributed by atoms with E-state index in [1.54, 1.807) is 4.90 Å². The van der Waals surface area contributed by atoms with Gasteiger partial charge in [-0.05, 0) is 47.6 Å². The molecule has 3 aliphatic rings. The fourth-order valence-corrected chi connectivity index (χ4v) is 5.62. The second kappa shape index (κ2) is 5.58. The van der Waals surface area contributed by atoms with E-state index in [1.165, 1.54) is 11.1 Å². The highest BCUT2D eigenvalue weighted by molar-refractivity contribution is 6.35. The quantitative estimate of drug-likeness (QED) is 0.681. The van der Waals surface area contributed by atoms with E-state index >= 15 is 0 Å². The molecule has 2 unspecified atom stereocenters. The first-order valence-electron chi connectivity index (χ1n) is 9.43. The first-order chi connectivity index (χ1) is 11.8. The smallest absolute Gasteiger partial charge is 0.312 e. The van der Waals surface area contributed by atoms with E-state index in [9.17, 15) is 9.59 Å². The van der Waals surface area contributed by atoms with Gasteiger partial charge in [0.05, 0.1) is 0 Å². The lowest BCUT2D eigenvalue weighted by molar-refractivity contribution is -0.153. The molecule has 1 saturated carbocycles. The van der Waals surface area contributed by atoms with Gasteiger partial charge in [-0.2, -0.15) is 0 Å². The van der Waals surface area contributed by atoms with Gasteiger partial charge in [0.25, 0.3) is 0 Å². The number of fused-ring (bicyclic) bond motifs is 3. The van der Waals surface area contributed by atoms with Crippen molar-refractivity contribution < 1.29 is 9.59 Å². The molecule has 0 aromatic heterocycles. The molecule has 134 valence electrons. The van der Waals surface area contributed by atoms with Crippen molar-refractivity contribution in [1.82, 2.24) is 9.80 Å². The van der Waals surface area contributed by atoms with Crippen molar-refractivity contribution in [3.63, 3.8) is 0 Å². The summed E-state index contributed by atoms with van der Waals surface area (Å²) in [5, 5.41) is 0. The van der Waals surface area contributed by atoms with Crippen LogP contribution in [0.2, 0.25) is 0 Å². The molecule has 1 aliphatic carbocycles. The Kier molecular flexibility index (Phi) is 3.71. The summed E-state index contributed by atoms with van der Waals surface area (Å²) >= 11 is 0. The minimum atomic E-state index is -0.316. The Bertz CT molecular complexity index is 726. The summed E-state index contributed by atoms with van der Waals surface area (Å²) in [4.78, 5) is 29.5. The Balaban J connectivity index is 1.50. The predicted molar refractivity (Wildman–Crippen MR) is 96.8 cm³/mol. The number of carbonyl (C=O) groups is 2. The van der Waals surface area contributed by atoms with Crippen molar-refractivity contribution in [2.24, 2.45) is 10.8 Å². The van der Waals surface area contributed by atoms with Crippen LogP contribution >= 0.6 is 0 Å². The zero-order valence-corrected chi connectivity index (χ0v) is 15.5. The normalized spacial score (nSPS) is 30.1. The van der Waals surface area contributed by atoms with Crippen molar-refractivity contribution in [2.75, 3.05) is 13.1 Å². The number of nitrogens with zero attached hydrogens (tertiary/aromatic N) is 2. The van der Waals surface area contributed by atoms with Gasteiger partial charge in [-0.1, -0.05) is 45.0 Å². The van der Waals surface area contributed by atoms with Crippen LogP contribution in [0.1, 0.15) is 51.2 Å². The van der Waals surface area contributed by atoms with Gasteiger partial charge in [0.1, 0.15) is 0 Å². The highest BCUT2D eigenvalue weighted by Crippen LogP contribution is 2.52. The second-order valence-corrected chi connectivity index (χ2v) is 9.39. The Morgan fingerprint density at radius 2 is 1.76 bits per heavy atom. The van der Waals surface area contributed by atoms with Gasteiger partial charge in [0.2, 0.25) is 0 Å². The fraction of sp³-hybridized carbons (Fsp3) is 0.619. The van der Waals surface area contributed by atoms with Crippen LogP contribution < -0.4 is 0 Å². The summed E-state index contributed by atoms with van der Waals surface area (Å²) < 4.78 is 0. The number of rotatable bonds is 0. The van der Waals surface area contributed by atoms with E-state index in [0.717, 1.165) is 32.2 Å². The lowest BCUT2D eigenvalue weighted by Gasteiger charge is -2.39. The maximum atomic E-state index is 13.0. The number of carbonyl (C=O) groups excluding carboxylic acids is 2. The number of hydrogen-bond donors (Lipinski definition) is 0. The summed E-state index contributed by atoms with van der Waals surface area (Å²) in [6, 6.07) is 8.44. The van der Waals surface area contributed by atoms with E-state index in [4.69, 9.17) is 0 Å². The molecule has 4 nitrogen and oxygen atoms in total. The Morgan fingerprint density at radius 3 is 2.52 bits per heavy atom. The molecule has 2 heterocycles. The third-order valence-corrected chi connectivity index (χ3v) is 6.28. The lowest BCUT2D eigenvalue weighted by atomic mass is 9.65. The van der Waals surface area contributed by atoms with Crippen LogP contribution in [0.5, 0.6) is 0 Å². The second-order valence-electron chi connectivity index (χ2n) is 9.39. The van der Waals surface area contributed by atoms with Crippen molar-refractivity contribution in [3.8, 4) is 0 Å². The van der Waals surface area contributed by atoms with E-state index in [0.29, 0.717) is 13.1 Å². The van der Waals surface area contributed by atoms with Gasteiger partial charge in [-0.25, -0.2) is 0 Å². The highest BCUT2D eigenvalue weighted by Gasteiger charge is 2.52. The van der Waals surface area contributed by atoms with Crippen molar-refractivity contribution >= 4 is 11.8 Å². The van der Waals surface area contributed by atoms with Crippen LogP contribution in [-0.2, 0) is 22.6 Å². The predicted octanol–water partition coefficient (Wildman–Crippen LogP) is 3.00. The standard InChI is InChI=1S/C21H28N2O2/c1-20(2)10-17-11-21(3,13-20)14-23(17)19(25)18(24)22-9-8-15-6-4-5-7-16(15)12-22/h4-7,17H,8-14H2,1-3H3. The summed E-state index contributed by atoms with van der Waals surface area (Å²) in [6.45, 7) is 8.78. The summed E-state index contributed by atoms with van der Waals surface area (Å²) in [7, 11) is 0. The zero-order chi connectivity index (χ0) is 17.8. The van der Waals surface area contributed by atoms with E-state index in [1.807, 2.05) is 17.0 Å². The number of likely N-dealkylation sites (tertiary alicyclic amines) is 1. The Labute approximate surface area is 150 Å². The molecule has 1 aromatic carbocycles.